The minimum absolute atomic E-state index is 0.0569. The second-order valence-electron chi connectivity index (χ2n) is 7.88. The van der Waals surface area contributed by atoms with Crippen molar-refractivity contribution in [1.82, 2.24) is 20.2 Å². The topological polar surface area (TPSA) is 71.3 Å². The minimum atomic E-state index is -0.0569. The second kappa shape index (κ2) is 6.71. The molecule has 4 heterocycles. The molecule has 1 atom stereocenters. The average Bonchev–Trinajstić information content (AvgIpc) is 3.36. The van der Waals surface area contributed by atoms with Gasteiger partial charge < -0.3 is 14.6 Å². The molecule has 1 fully saturated rings. The molecule has 6 nitrogen and oxygen atoms in total. The molecule has 144 valence electrons. The number of furan rings is 1. The second-order valence-corrected chi connectivity index (χ2v) is 7.88. The van der Waals surface area contributed by atoms with E-state index in [0.29, 0.717) is 18.8 Å². The Hall–Kier alpha value is -2.73. The van der Waals surface area contributed by atoms with Crippen molar-refractivity contribution in [2.45, 2.75) is 45.7 Å². The lowest BCUT2D eigenvalue weighted by Crippen LogP contribution is -2.37. The fourth-order valence-corrected chi connectivity index (χ4v) is 4.26. The summed E-state index contributed by atoms with van der Waals surface area (Å²) in [5.74, 6) is 1.27. The Balaban J connectivity index is 1.40. The predicted octanol–water partition coefficient (Wildman–Crippen LogP) is 3.46. The van der Waals surface area contributed by atoms with Crippen molar-refractivity contribution in [2.24, 2.45) is 0 Å². The van der Waals surface area contributed by atoms with Gasteiger partial charge in [0.2, 0.25) is 0 Å². The quantitative estimate of drug-likeness (QED) is 0.742. The summed E-state index contributed by atoms with van der Waals surface area (Å²) < 4.78 is 5.91. The predicted molar refractivity (Wildman–Crippen MR) is 106 cm³/mol. The fraction of sp³-hybridized carbons (Fsp3) is 0.409. The zero-order chi connectivity index (χ0) is 19.3. The molecule has 0 bridgehead atoms. The normalized spacial score (nSPS) is 19.2. The summed E-state index contributed by atoms with van der Waals surface area (Å²) in [5.41, 5.74) is 4.94. The summed E-state index contributed by atoms with van der Waals surface area (Å²) >= 11 is 0. The highest BCUT2D eigenvalue weighted by Crippen LogP contribution is 2.29. The molecule has 3 aromatic rings. The first-order chi connectivity index (χ1) is 13.6. The Morgan fingerprint density at radius 2 is 2.21 bits per heavy atom. The van der Waals surface area contributed by atoms with Crippen molar-refractivity contribution < 1.29 is 9.21 Å². The van der Waals surface area contributed by atoms with Crippen molar-refractivity contribution in [1.29, 1.82) is 0 Å². The first-order valence-corrected chi connectivity index (χ1v) is 9.97. The van der Waals surface area contributed by atoms with Crippen LogP contribution in [0.4, 0.5) is 0 Å². The fourth-order valence-electron chi connectivity index (χ4n) is 4.26. The maximum absolute atomic E-state index is 13.1. The zero-order valence-corrected chi connectivity index (χ0v) is 16.3. The van der Waals surface area contributed by atoms with Gasteiger partial charge in [0.25, 0.3) is 5.91 Å². The van der Waals surface area contributed by atoms with Crippen molar-refractivity contribution in [2.75, 3.05) is 13.1 Å². The van der Waals surface area contributed by atoms with Crippen LogP contribution >= 0.6 is 0 Å². The van der Waals surface area contributed by atoms with Gasteiger partial charge >= 0.3 is 0 Å². The van der Waals surface area contributed by atoms with Gasteiger partial charge in [0.1, 0.15) is 11.4 Å². The third-order valence-corrected chi connectivity index (χ3v) is 5.90. The van der Waals surface area contributed by atoms with Gasteiger partial charge in [-0.25, -0.2) is 9.97 Å². The van der Waals surface area contributed by atoms with E-state index in [1.807, 2.05) is 37.1 Å². The van der Waals surface area contributed by atoms with E-state index >= 15 is 0 Å². The molecule has 1 N–H and O–H groups in total. The van der Waals surface area contributed by atoms with Crippen LogP contribution in [0.2, 0.25) is 0 Å². The van der Waals surface area contributed by atoms with Gasteiger partial charge in [-0.1, -0.05) is 11.6 Å². The number of nitrogens with one attached hydrogen (secondary N) is 1. The van der Waals surface area contributed by atoms with Crippen molar-refractivity contribution >= 4 is 16.9 Å². The monoisotopic (exact) mass is 376 g/mol. The van der Waals surface area contributed by atoms with E-state index < -0.39 is 0 Å². The first-order valence-electron chi connectivity index (χ1n) is 9.97. The highest BCUT2D eigenvalue weighted by atomic mass is 16.3. The summed E-state index contributed by atoms with van der Waals surface area (Å²) in [5, 5.41) is 4.46. The highest BCUT2D eigenvalue weighted by molar-refractivity contribution is 5.99. The Morgan fingerprint density at radius 3 is 3.04 bits per heavy atom. The molecule has 1 saturated heterocycles. The summed E-state index contributed by atoms with van der Waals surface area (Å²) in [6, 6.07) is 6.28. The van der Waals surface area contributed by atoms with Crippen LogP contribution in [0.5, 0.6) is 0 Å². The van der Waals surface area contributed by atoms with Crippen LogP contribution in [-0.2, 0) is 13.0 Å². The van der Waals surface area contributed by atoms with Gasteiger partial charge in [-0.2, -0.15) is 0 Å². The third kappa shape index (κ3) is 2.88. The molecular weight excluding hydrogens is 352 g/mol. The van der Waals surface area contributed by atoms with Crippen LogP contribution in [0.15, 0.2) is 28.8 Å². The number of fused-ring (bicyclic) bond motifs is 2. The van der Waals surface area contributed by atoms with Crippen LogP contribution in [0.25, 0.3) is 11.0 Å². The Morgan fingerprint density at radius 1 is 1.32 bits per heavy atom. The average molecular weight is 376 g/mol. The van der Waals surface area contributed by atoms with E-state index in [2.05, 4.69) is 16.4 Å². The van der Waals surface area contributed by atoms with Crippen LogP contribution < -0.4 is 5.32 Å². The number of hydrogen-bond acceptors (Lipinski definition) is 5. The van der Waals surface area contributed by atoms with E-state index in [9.17, 15) is 4.79 Å². The molecule has 0 spiro atoms. The maximum Gasteiger partial charge on any atom is 0.290 e. The molecular formula is C22H24N4O2. The van der Waals surface area contributed by atoms with Gasteiger partial charge in [0, 0.05) is 42.2 Å². The van der Waals surface area contributed by atoms with Crippen LogP contribution in [0, 0.1) is 13.8 Å². The van der Waals surface area contributed by atoms with E-state index in [1.54, 1.807) is 0 Å². The van der Waals surface area contributed by atoms with E-state index in [4.69, 9.17) is 9.40 Å². The van der Waals surface area contributed by atoms with Gasteiger partial charge in [-0.05, 0) is 45.4 Å². The molecule has 0 saturated carbocycles. The lowest BCUT2D eigenvalue weighted by atomic mass is 10.1. The zero-order valence-electron chi connectivity index (χ0n) is 16.3. The molecule has 5 rings (SSSR count). The number of carbonyl (C=O) groups excluding carboxylic acids is 1. The lowest BCUT2D eigenvalue weighted by molar-refractivity contribution is 0.0702. The summed E-state index contributed by atoms with van der Waals surface area (Å²) in [6.07, 6.45) is 4.91. The van der Waals surface area contributed by atoms with Gasteiger partial charge in [0.05, 0.1) is 11.7 Å². The number of aryl methyl sites for hydroxylation is 2. The number of rotatable bonds is 2. The van der Waals surface area contributed by atoms with Gasteiger partial charge in [-0.15, -0.1) is 0 Å². The molecule has 0 aliphatic carbocycles. The molecule has 2 aliphatic rings. The molecule has 6 heteroatoms. The Kier molecular flexibility index (Phi) is 4.16. The molecule has 1 amide bonds. The molecule has 2 aliphatic heterocycles. The minimum Gasteiger partial charge on any atom is -0.451 e. The van der Waals surface area contributed by atoms with Crippen LogP contribution in [0.1, 0.15) is 57.6 Å². The summed E-state index contributed by atoms with van der Waals surface area (Å²) in [4.78, 5) is 24.3. The Bertz CT molecular complexity index is 1070. The smallest absolute Gasteiger partial charge is 0.290 e. The molecule has 28 heavy (non-hydrogen) atoms. The SMILES string of the molecule is Cc1ccc2oc(C(=O)N3CCc4nc(C5CCCN5)ncc4C3)c(C)c2c1. The first kappa shape index (κ1) is 17.4. The standard InChI is InChI=1S/C22H24N4O2/c1-13-5-6-19-16(10-13)14(2)20(28-19)22(27)26-9-7-17-15(12-26)11-24-21(25-17)18-4-3-8-23-18/h5-6,10-11,18,23H,3-4,7-9,12H2,1-2H3. The van der Waals surface area contributed by atoms with Crippen molar-refractivity contribution in [3.63, 3.8) is 0 Å². The van der Waals surface area contributed by atoms with E-state index in [0.717, 1.165) is 58.6 Å². The third-order valence-electron chi connectivity index (χ3n) is 5.90. The van der Waals surface area contributed by atoms with Crippen LogP contribution in [-0.4, -0.2) is 33.9 Å². The van der Waals surface area contributed by atoms with Gasteiger partial charge in [0.15, 0.2) is 5.76 Å². The van der Waals surface area contributed by atoms with Crippen LogP contribution in [0.3, 0.4) is 0 Å². The molecule has 1 unspecified atom stereocenters. The van der Waals surface area contributed by atoms with Crippen molar-refractivity contribution in [3.8, 4) is 0 Å². The number of benzene rings is 1. The number of nitrogens with zero attached hydrogens (tertiary/aromatic N) is 3. The Labute approximate surface area is 164 Å². The highest BCUT2D eigenvalue weighted by Gasteiger charge is 2.28. The molecule has 2 aromatic heterocycles. The summed E-state index contributed by atoms with van der Waals surface area (Å²) in [6.45, 7) is 6.21. The number of hydrogen-bond donors (Lipinski definition) is 1. The van der Waals surface area contributed by atoms with E-state index in [-0.39, 0.29) is 11.9 Å². The number of amides is 1. The molecule has 1 aromatic carbocycles. The van der Waals surface area contributed by atoms with Gasteiger partial charge in [-0.3, -0.25) is 4.79 Å². The number of aromatic nitrogens is 2. The lowest BCUT2D eigenvalue weighted by Gasteiger charge is -2.28. The molecule has 0 radical (unpaired) electrons. The maximum atomic E-state index is 13.1. The van der Waals surface area contributed by atoms with E-state index in [1.165, 1.54) is 6.42 Å². The van der Waals surface area contributed by atoms with Crippen molar-refractivity contribution in [3.05, 3.63) is 58.4 Å². The largest absolute Gasteiger partial charge is 0.451 e. The number of carbonyl (C=O) groups is 1. The summed E-state index contributed by atoms with van der Waals surface area (Å²) in [7, 11) is 0.